The summed E-state index contributed by atoms with van der Waals surface area (Å²) in [6.45, 7) is 2.06. The molecule has 7 nitrogen and oxygen atoms in total. The van der Waals surface area contributed by atoms with Crippen molar-refractivity contribution < 1.29 is 13.5 Å². The molecule has 0 aliphatic carbocycles. The van der Waals surface area contributed by atoms with E-state index in [2.05, 4.69) is 20.5 Å². The molecule has 0 unspecified atom stereocenters. The normalized spacial score (nSPS) is 11.0. The van der Waals surface area contributed by atoms with E-state index >= 15 is 0 Å². The van der Waals surface area contributed by atoms with E-state index in [9.17, 15) is 13.6 Å². The lowest BCUT2D eigenvalue weighted by Gasteiger charge is -2.16. The fourth-order valence-corrected chi connectivity index (χ4v) is 3.03. The van der Waals surface area contributed by atoms with Crippen molar-refractivity contribution in [1.82, 2.24) is 19.7 Å². The Hall–Kier alpha value is -3.75. The third-order valence-electron chi connectivity index (χ3n) is 4.55. The van der Waals surface area contributed by atoms with Crippen LogP contribution >= 0.6 is 0 Å². The summed E-state index contributed by atoms with van der Waals surface area (Å²) in [5.74, 6) is -1.59. The zero-order valence-electron chi connectivity index (χ0n) is 15.7. The van der Waals surface area contributed by atoms with Gasteiger partial charge in [-0.15, -0.1) is 0 Å². The third kappa shape index (κ3) is 3.66. The van der Waals surface area contributed by atoms with Gasteiger partial charge >= 0.3 is 5.56 Å². The highest BCUT2D eigenvalue weighted by atomic mass is 19.2. The highest BCUT2D eigenvalue weighted by Crippen LogP contribution is 2.25. The molecular weight excluding hydrogens is 380 g/mol. The van der Waals surface area contributed by atoms with Crippen LogP contribution in [-0.2, 0) is 6.54 Å². The van der Waals surface area contributed by atoms with Crippen molar-refractivity contribution in [2.75, 3.05) is 12.4 Å². The van der Waals surface area contributed by atoms with Gasteiger partial charge in [-0.25, -0.2) is 8.78 Å². The average Bonchev–Trinajstić information content (AvgIpc) is 3.14. The number of anilines is 2. The minimum Gasteiger partial charge on any atom is -0.490 e. The van der Waals surface area contributed by atoms with Crippen molar-refractivity contribution >= 4 is 22.5 Å². The predicted molar refractivity (Wildman–Crippen MR) is 105 cm³/mol. The van der Waals surface area contributed by atoms with E-state index < -0.39 is 17.2 Å². The molecule has 0 fully saturated rings. The first-order valence-corrected chi connectivity index (χ1v) is 8.75. The lowest BCUT2D eigenvalue weighted by atomic mass is 10.1. The molecule has 2 N–H and O–H groups in total. The molecule has 0 atom stereocenters. The molecule has 0 aliphatic rings. The Balaban J connectivity index is 1.76. The van der Waals surface area contributed by atoms with Gasteiger partial charge < -0.3 is 14.6 Å². The molecule has 29 heavy (non-hydrogen) atoms. The molecule has 9 heteroatoms. The van der Waals surface area contributed by atoms with Crippen LogP contribution in [0.2, 0.25) is 0 Å². The van der Waals surface area contributed by atoms with Crippen molar-refractivity contribution in [3.63, 3.8) is 0 Å². The number of ether oxygens (including phenoxy) is 1. The van der Waals surface area contributed by atoms with Gasteiger partial charge in [-0.05, 0) is 42.3 Å². The molecule has 0 saturated heterocycles. The number of nitrogens with one attached hydrogen (secondary N) is 2. The van der Waals surface area contributed by atoms with E-state index in [0.29, 0.717) is 5.56 Å². The molecule has 0 amide bonds. The Labute approximate surface area is 164 Å². The standard InChI is InChI=1S/C20H17F2N5O2/c1-11-5-13-8-23-26-17(13)7-16(11)24-20-25-19(28)18(29-2)10-27(20)9-12-3-4-14(21)15(22)6-12/h3-8,10H,9H2,1-2H3,(H,23,26)(H,24,25,28). The maximum atomic E-state index is 13.6. The van der Waals surface area contributed by atoms with Crippen molar-refractivity contribution in [3.8, 4) is 5.75 Å². The molecule has 4 rings (SSSR count). The SMILES string of the molecule is COc1cn(Cc2ccc(F)c(F)c2)c(Nc2cc3[nH]ncc3cc2C)nc1=O. The van der Waals surface area contributed by atoms with Crippen molar-refractivity contribution in [3.05, 3.63) is 75.8 Å². The third-order valence-corrected chi connectivity index (χ3v) is 4.55. The number of methoxy groups -OCH3 is 1. The van der Waals surface area contributed by atoms with Crippen LogP contribution in [0.15, 0.2) is 47.5 Å². The molecule has 2 heterocycles. The van der Waals surface area contributed by atoms with Crippen LogP contribution < -0.4 is 15.6 Å². The minimum atomic E-state index is -0.946. The Morgan fingerprint density at radius 3 is 2.79 bits per heavy atom. The summed E-state index contributed by atoms with van der Waals surface area (Å²) < 4.78 is 33.5. The smallest absolute Gasteiger partial charge is 0.316 e. The number of aryl methyl sites for hydroxylation is 1. The fraction of sp³-hybridized carbons (Fsp3) is 0.150. The molecule has 0 radical (unpaired) electrons. The maximum absolute atomic E-state index is 13.6. The van der Waals surface area contributed by atoms with Gasteiger partial charge in [0.1, 0.15) is 0 Å². The second-order valence-electron chi connectivity index (χ2n) is 6.56. The fourth-order valence-electron chi connectivity index (χ4n) is 3.03. The molecule has 0 saturated carbocycles. The summed E-state index contributed by atoms with van der Waals surface area (Å²) in [5.41, 5.74) is 2.42. The first-order chi connectivity index (χ1) is 13.9. The van der Waals surface area contributed by atoms with Crippen LogP contribution in [0.25, 0.3) is 10.9 Å². The molecule has 0 bridgehead atoms. The summed E-state index contributed by atoms with van der Waals surface area (Å²) in [7, 11) is 1.36. The van der Waals surface area contributed by atoms with E-state index in [1.165, 1.54) is 19.4 Å². The maximum Gasteiger partial charge on any atom is 0.316 e. The Kier molecular flexibility index (Phi) is 4.71. The minimum absolute atomic E-state index is 0.0406. The van der Waals surface area contributed by atoms with Crippen molar-refractivity contribution in [1.29, 1.82) is 0 Å². The van der Waals surface area contributed by atoms with Crippen LogP contribution in [0.4, 0.5) is 20.4 Å². The Morgan fingerprint density at radius 1 is 1.21 bits per heavy atom. The summed E-state index contributed by atoms with van der Waals surface area (Å²) in [5, 5.41) is 11.0. The second-order valence-corrected chi connectivity index (χ2v) is 6.56. The Bertz CT molecular complexity index is 1270. The Morgan fingerprint density at radius 2 is 2.03 bits per heavy atom. The first kappa shape index (κ1) is 18.6. The van der Waals surface area contributed by atoms with Gasteiger partial charge in [0.25, 0.3) is 0 Å². The highest BCUT2D eigenvalue weighted by Gasteiger charge is 2.13. The molecular formula is C20H17F2N5O2. The molecule has 0 spiro atoms. The summed E-state index contributed by atoms with van der Waals surface area (Å²) >= 11 is 0. The van der Waals surface area contributed by atoms with Gasteiger partial charge in [0.15, 0.2) is 11.6 Å². The van der Waals surface area contributed by atoms with E-state index in [4.69, 9.17) is 4.74 Å². The number of aromatic nitrogens is 4. The topological polar surface area (TPSA) is 84.8 Å². The van der Waals surface area contributed by atoms with Crippen LogP contribution in [0, 0.1) is 18.6 Å². The lowest BCUT2D eigenvalue weighted by Crippen LogP contribution is -2.19. The molecule has 2 aromatic heterocycles. The second kappa shape index (κ2) is 7.34. The largest absolute Gasteiger partial charge is 0.490 e. The number of benzene rings is 2. The molecule has 4 aromatic rings. The summed E-state index contributed by atoms with van der Waals surface area (Å²) in [6.07, 6.45) is 3.19. The van der Waals surface area contributed by atoms with Crippen molar-refractivity contribution in [2.24, 2.45) is 0 Å². The lowest BCUT2D eigenvalue weighted by molar-refractivity contribution is 0.402. The van der Waals surface area contributed by atoms with Gasteiger partial charge in [-0.3, -0.25) is 9.89 Å². The van der Waals surface area contributed by atoms with Gasteiger partial charge in [0, 0.05) is 11.1 Å². The number of hydrogen-bond acceptors (Lipinski definition) is 5. The average molecular weight is 397 g/mol. The molecule has 148 valence electrons. The van der Waals surface area contributed by atoms with E-state index in [1.54, 1.807) is 10.8 Å². The van der Waals surface area contributed by atoms with Gasteiger partial charge in [0.05, 0.1) is 31.6 Å². The number of aromatic amines is 1. The van der Waals surface area contributed by atoms with Crippen molar-refractivity contribution in [2.45, 2.75) is 13.5 Å². The summed E-state index contributed by atoms with van der Waals surface area (Å²) in [4.78, 5) is 16.3. The van der Waals surface area contributed by atoms with Crippen LogP contribution in [0.1, 0.15) is 11.1 Å². The predicted octanol–water partition coefficient (Wildman–Crippen LogP) is 3.51. The zero-order valence-corrected chi connectivity index (χ0v) is 15.7. The monoisotopic (exact) mass is 397 g/mol. The molecule has 2 aromatic carbocycles. The van der Waals surface area contributed by atoms with E-state index in [-0.39, 0.29) is 18.2 Å². The van der Waals surface area contributed by atoms with Gasteiger partial charge in [-0.1, -0.05) is 6.07 Å². The summed E-state index contributed by atoms with van der Waals surface area (Å²) in [6, 6.07) is 7.43. The number of rotatable bonds is 5. The van der Waals surface area contributed by atoms with Crippen LogP contribution in [0.3, 0.4) is 0 Å². The first-order valence-electron chi connectivity index (χ1n) is 8.75. The number of halogens is 2. The number of nitrogens with zero attached hydrogens (tertiary/aromatic N) is 3. The van der Waals surface area contributed by atoms with Crippen LogP contribution in [0.5, 0.6) is 5.75 Å². The van der Waals surface area contributed by atoms with Gasteiger partial charge in [-0.2, -0.15) is 10.1 Å². The quantitative estimate of drug-likeness (QED) is 0.538. The number of fused-ring (bicyclic) bond motifs is 1. The highest BCUT2D eigenvalue weighted by molar-refractivity contribution is 5.84. The van der Waals surface area contributed by atoms with E-state index in [1.807, 2.05) is 19.1 Å². The zero-order chi connectivity index (χ0) is 20.5. The molecule has 0 aliphatic heterocycles. The van der Waals surface area contributed by atoms with Crippen LogP contribution in [-0.4, -0.2) is 26.9 Å². The van der Waals surface area contributed by atoms with Gasteiger partial charge in [0.2, 0.25) is 11.7 Å². The number of hydrogen-bond donors (Lipinski definition) is 2. The van der Waals surface area contributed by atoms with E-state index in [0.717, 1.165) is 34.3 Å². The number of H-pyrrole nitrogens is 1.